The van der Waals surface area contributed by atoms with Gasteiger partial charge in [-0.15, -0.1) is 0 Å². The predicted molar refractivity (Wildman–Crippen MR) is 42.6 cm³/mol. The Hall–Kier alpha value is -1.05. The molecule has 0 aromatic carbocycles. The van der Waals surface area contributed by atoms with E-state index in [1.54, 1.807) is 6.20 Å². The quantitative estimate of drug-likeness (QED) is 0.594. The van der Waals surface area contributed by atoms with E-state index in [-0.39, 0.29) is 5.78 Å². The van der Waals surface area contributed by atoms with E-state index in [9.17, 15) is 4.79 Å². The van der Waals surface area contributed by atoms with Gasteiger partial charge in [0.2, 0.25) is 0 Å². The molecule has 0 amide bonds. The minimum absolute atomic E-state index is 0.0758. The van der Waals surface area contributed by atoms with Crippen molar-refractivity contribution in [3.63, 3.8) is 0 Å². The lowest BCUT2D eigenvalue weighted by atomic mass is 10.3. The summed E-state index contributed by atoms with van der Waals surface area (Å²) in [5.74, 6) is -0.0758. The second-order valence-corrected chi connectivity index (χ2v) is 2.26. The first-order valence-corrected chi connectivity index (χ1v) is 3.26. The van der Waals surface area contributed by atoms with Gasteiger partial charge in [0.1, 0.15) is 0 Å². The third-order valence-corrected chi connectivity index (χ3v) is 0.878. The highest BCUT2D eigenvalue weighted by molar-refractivity contribution is 5.98. The first-order valence-electron chi connectivity index (χ1n) is 3.26. The molecule has 0 spiro atoms. The monoisotopic (exact) mass is 139 g/mol. The van der Waals surface area contributed by atoms with Crippen LogP contribution in [-0.2, 0) is 4.79 Å². The molecule has 2 nitrogen and oxygen atoms in total. The summed E-state index contributed by atoms with van der Waals surface area (Å²) in [5.41, 5.74) is 0. The van der Waals surface area contributed by atoms with Gasteiger partial charge in [-0.3, -0.25) is 4.79 Å². The van der Waals surface area contributed by atoms with Crippen molar-refractivity contribution in [1.82, 2.24) is 5.32 Å². The van der Waals surface area contributed by atoms with E-state index in [0.29, 0.717) is 6.04 Å². The van der Waals surface area contributed by atoms with E-state index in [2.05, 4.69) is 11.9 Å². The maximum atomic E-state index is 10.5. The van der Waals surface area contributed by atoms with Crippen LogP contribution in [-0.4, -0.2) is 11.8 Å². The van der Waals surface area contributed by atoms with Crippen molar-refractivity contribution >= 4 is 5.78 Å². The van der Waals surface area contributed by atoms with Crippen LogP contribution in [0.1, 0.15) is 13.8 Å². The molecule has 56 valence electrons. The molecule has 0 aliphatic carbocycles. The molecule has 0 saturated carbocycles. The summed E-state index contributed by atoms with van der Waals surface area (Å²) in [5, 5.41) is 2.96. The third-order valence-electron chi connectivity index (χ3n) is 0.878. The molecule has 0 saturated heterocycles. The SMILES string of the molecule is C=CC(=O)/C=C\NC(C)C. The Morgan fingerprint density at radius 2 is 2.20 bits per heavy atom. The van der Waals surface area contributed by atoms with E-state index >= 15 is 0 Å². The fraction of sp³-hybridized carbons (Fsp3) is 0.375. The number of ketones is 1. The lowest BCUT2D eigenvalue weighted by Gasteiger charge is -2.00. The molecule has 0 rings (SSSR count). The molecule has 0 atom stereocenters. The molecular weight excluding hydrogens is 126 g/mol. The van der Waals surface area contributed by atoms with E-state index in [4.69, 9.17) is 0 Å². The van der Waals surface area contributed by atoms with Gasteiger partial charge in [0.25, 0.3) is 0 Å². The van der Waals surface area contributed by atoms with Crippen molar-refractivity contribution in [3.05, 3.63) is 24.9 Å². The lowest BCUT2D eigenvalue weighted by molar-refractivity contribution is -0.110. The number of nitrogens with one attached hydrogen (secondary N) is 1. The number of carbonyl (C=O) groups is 1. The Bertz CT molecular complexity index is 147. The van der Waals surface area contributed by atoms with Gasteiger partial charge in [-0.1, -0.05) is 6.58 Å². The average molecular weight is 139 g/mol. The van der Waals surface area contributed by atoms with Crippen LogP contribution in [0.3, 0.4) is 0 Å². The standard InChI is InChI=1S/C8H13NO/c1-4-8(10)5-6-9-7(2)3/h4-7,9H,1H2,2-3H3/b6-5-. The van der Waals surface area contributed by atoms with E-state index in [1.165, 1.54) is 12.2 Å². The number of rotatable bonds is 4. The molecule has 0 aromatic heterocycles. The molecule has 0 aliphatic rings. The molecular formula is C8H13NO. The summed E-state index contributed by atoms with van der Waals surface area (Å²) in [6.07, 6.45) is 4.36. The van der Waals surface area contributed by atoms with Crippen LogP contribution in [0.2, 0.25) is 0 Å². The Morgan fingerprint density at radius 1 is 1.60 bits per heavy atom. The molecule has 0 bridgehead atoms. The molecule has 0 fully saturated rings. The van der Waals surface area contributed by atoms with Crippen LogP contribution in [0.5, 0.6) is 0 Å². The fourth-order valence-electron chi connectivity index (χ4n) is 0.391. The summed E-state index contributed by atoms with van der Waals surface area (Å²) in [6, 6.07) is 0.369. The van der Waals surface area contributed by atoms with Gasteiger partial charge in [0.15, 0.2) is 5.78 Å². The van der Waals surface area contributed by atoms with Gasteiger partial charge < -0.3 is 5.32 Å². The van der Waals surface area contributed by atoms with Gasteiger partial charge in [-0.05, 0) is 19.9 Å². The Kier molecular flexibility index (Phi) is 4.29. The van der Waals surface area contributed by atoms with Crippen LogP contribution in [0.4, 0.5) is 0 Å². The second-order valence-electron chi connectivity index (χ2n) is 2.26. The molecule has 0 radical (unpaired) electrons. The Morgan fingerprint density at radius 3 is 2.60 bits per heavy atom. The number of allylic oxidation sites excluding steroid dienone is 2. The second kappa shape index (κ2) is 4.79. The highest BCUT2D eigenvalue weighted by Crippen LogP contribution is 1.78. The maximum absolute atomic E-state index is 10.5. The van der Waals surface area contributed by atoms with Crippen molar-refractivity contribution in [2.45, 2.75) is 19.9 Å². The number of hydrogen-bond acceptors (Lipinski definition) is 2. The van der Waals surface area contributed by atoms with Gasteiger partial charge in [-0.2, -0.15) is 0 Å². The maximum Gasteiger partial charge on any atom is 0.179 e. The highest BCUT2D eigenvalue weighted by atomic mass is 16.1. The zero-order valence-electron chi connectivity index (χ0n) is 6.42. The molecule has 0 heterocycles. The van der Waals surface area contributed by atoms with Gasteiger partial charge in [-0.25, -0.2) is 0 Å². The van der Waals surface area contributed by atoms with E-state index < -0.39 is 0 Å². The first kappa shape index (κ1) is 8.95. The molecule has 0 unspecified atom stereocenters. The van der Waals surface area contributed by atoms with Crippen LogP contribution in [0.15, 0.2) is 24.9 Å². The largest absolute Gasteiger partial charge is 0.389 e. The van der Waals surface area contributed by atoms with Crippen molar-refractivity contribution in [3.8, 4) is 0 Å². The topological polar surface area (TPSA) is 29.1 Å². The van der Waals surface area contributed by atoms with Crippen molar-refractivity contribution in [2.24, 2.45) is 0 Å². The van der Waals surface area contributed by atoms with Gasteiger partial charge in [0.05, 0.1) is 0 Å². The lowest BCUT2D eigenvalue weighted by Crippen LogP contribution is -2.15. The van der Waals surface area contributed by atoms with Crippen LogP contribution >= 0.6 is 0 Å². The Balaban J connectivity index is 3.55. The normalized spacial score (nSPS) is 10.3. The smallest absolute Gasteiger partial charge is 0.179 e. The molecule has 0 aliphatic heterocycles. The first-order chi connectivity index (χ1) is 4.66. The zero-order valence-corrected chi connectivity index (χ0v) is 6.42. The Labute approximate surface area is 61.6 Å². The minimum atomic E-state index is -0.0758. The highest BCUT2D eigenvalue weighted by Gasteiger charge is 1.86. The van der Waals surface area contributed by atoms with Crippen LogP contribution in [0.25, 0.3) is 0 Å². The number of carbonyl (C=O) groups excluding carboxylic acids is 1. The van der Waals surface area contributed by atoms with Gasteiger partial charge in [0, 0.05) is 18.3 Å². The molecule has 10 heavy (non-hydrogen) atoms. The molecule has 2 heteroatoms. The summed E-state index contributed by atoms with van der Waals surface area (Å²) in [4.78, 5) is 10.5. The third kappa shape index (κ3) is 5.09. The minimum Gasteiger partial charge on any atom is -0.389 e. The van der Waals surface area contributed by atoms with Crippen LogP contribution in [0, 0.1) is 0 Å². The van der Waals surface area contributed by atoms with Crippen molar-refractivity contribution < 1.29 is 4.79 Å². The van der Waals surface area contributed by atoms with Gasteiger partial charge >= 0.3 is 0 Å². The molecule has 1 N–H and O–H groups in total. The average Bonchev–Trinajstić information content (AvgIpc) is 1.87. The number of hydrogen-bond donors (Lipinski definition) is 1. The summed E-state index contributed by atoms with van der Waals surface area (Å²) in [7, 11) is 0. The fourth-order valence-corrected chi connectivity index (χ4v) is 0.391. The van der Waals surface area contributed by atoms with E-state index in [0.717, 1.165) is 0 Å². The van der Waals surface area contributed by atoms with E-state index in [1.807, 2.05) is 13.8 Å². The summed E-state index contributed by atoms with van der Waals surface area (Å²) >= 11 is 0. The zero-order chi connectivity index (χ0) is 7.98. The van der Waals surface area contributed by atoms with Crippen molar-refractivity contribution in [2.75, 3.05) is 0 Å². The van der Waals surface area contributed by atoms with Crippen LogP contribution < -0.4 is 5.32 Å². The molecule has 0 aromatic rings. The summed E-state index contributed by atoms with van der Waals surface area (Å²) in [6.45, 7) is 7.34. The predicted octanol–water partition coefficient (Wildman–Crippen LogP) is 1.25. The summed E-state index contributed by atoms with van der Waals surface area (Å²) < 4.78 is 0. The van der Waals surface area contributed by atoms with Crippen molar-refractivity contribution in [1.29, 1.82) is 0 Å².